The van der Waals surface area contributed by atoms with Crippen LogP contribution in [-0.2, 0) is 4.74 Å². The van der Waals surface area contributed by atoms with E-state index < -0.39 is 10.9 Å². The normalized spacial score (nSPS) is 9.42. The summed E-state index contributed by atoms with van der Waals surface area (Å²) in [6, 6.07) is 1.20. The number of esters is 1. The lowest BCUT2D eigenvalue weighted by Gasteiger charge is -1.93. The van der Waals surface area contributed by atoms with Gasteiger partial charge < -0.3 is 9.72 Å². The average molecular weight is 170 g/mol. The molecule has 1 rings (SSSR count). The van der Waals surface area contributed by atoms with E-state index in [1.807, 2.05) is 0 Å². The molecule has 1 N–H and O–H groups in total. The second-order valence-electron chi connectivity index (χ2n) is 1.99. The Morgan fingerprint density at radius 3 is 2.92 bits per heavy atom. The molecular formula is C6H6N2O4. The number of hydrogen-bond acceptors (Lipinski definition) is 4. The van der Waals surface area contributed by atoms with Gasteiger partial charge >= 0.3 is 11.7 Å². The summed E-state index contributed by atoms with van der Waals surface area (Å²) in [6.07, 6.45) is 1.31. The van der Waals surface area contributed by atoms with Crippen LogP contribution in [0.25, 0.3) is 0 Å². The van der Waals surface area contributed by atoms with Gasteiger partial charge in [-0.25, -0.2) is 4.79 Å². The van der Waals surface area contributed by atoms with Crippen LogP contribution >= 0.6 is 0 Å². The van der Waals surface area contributed by atoms with Crippen LogP contribution in [0.4, 0.5) is 5.69 Å². The van der Waals surface area contributed by atoms with Gasteiger partial charge in [-0.05, 0) is 0 Å². The molecule has 0 fully saturated rings. The Balaban J connectivity index is 3.07. The summed E-state index contributed by atoms with van der Waals surface area (Å²) in [4.78, 5) is 22.9. The highest BCUT2D eigenvalue weighted by Crippen LogP contribution is 2.16. The number of carbonyl (C=O) groups is 1. The Morgan fingerprint density at radius 1 is 1.75 bits per heavy atom. The van der Waals surface area contributed by atoms with E-state index in [-0.39, 0.29) is 11.4 Å². The molecule has 1 aromatic heterocycles. The number of nitro groups is 1. The Morgan fingerprint density at radius 2 is 2.42 bits per heavy atom. The number of ether oxygens (including phenoxy) is 1. The molecule has 0 aliphatic rings. The first-order chi connectivity index (χ1) is 5.66. The van der Waals surface area contributed by atoms with Gasteiger partial charge in [-0.3, -0.25) is 10.1 Å². The third-order valence-corrected chi connectivity index (χ3v) is 1.31. The van der Waals surface area contributed by atoms with Crippen LogP contribution in [0.3, 0.4) is 0 Å². The molecule has 0 aromatic carbocycles. The number of carbonyl (C=O) groups excluding carboxylic acids is 1. The molecule has 0 aliphatic carbocycles. The van der Waals surface area contributed by atoms with Crippen molar-refractivity contribution in [3.05, 3.63) is 28.1 Å². The topological polar surface area (TPSA) is 85.2 Å². The van der Waals surface area contributed by atoms with E-state index in [2.05, 4.69) is 9.72 Å². The third-order valence-electron chi connectivity index (χ3n) is 1.31. The van der Waals surface area contributed by atoms with Crippen LogP contribution in [0.5, 0.6) is 0 Å². The van der Waals surface area contributed by atoms with Crippen LogP contribution in [0.2, 0.25) is 0 Å². The first-order valence-corrected chi connectivity index (χ1v) is 3.07. The number of aromatic nitrogens is 1. The van der Waals surface area contributed by atoms with Gasteiger partial charge in [-0.2, -0.15) is 0 Å². The predicted octanol–water partition coefficient (Wildman–Crippen LogP) is 0.710. The van der Waals surface area contributed by atoms with E-state index in [0.29, 0.717) is 0 Å². The van der Waals surface area contributed by atoms with Gasteiger partial charge in [-0.15, -0.1) is 0 Å². The summed E-state index contributed by atoms with van der Waals surface area (Å²) in [5, 5.41) is 10.3. The molecule has 1 aromatic rings. The van der Waals surface area contributed by atoms with Crippen molar-refractivity contribution in [3.8, 4) is 0 Å². The Bertz CT molecular complexity index is 317. The van der Waals surface area contributed by atoms with Gasteiger partial charge in [0.25, 0.3) is 0 Å². The maximum atomic E-state index is 10.8. The second-order valence-corrected chi connectivity index (χ2v) is 1.99. The number of aromatic amines is 1. The Hall–Kier alpha value is -1.85. The highest BCUT2D eigenvalue weighted by Gasteiger charge is 2.21. The predicted molar refractivity (Wildman–Crippen MR) is 38.8 cm³/mol. The molecule has 0 amide bonds. The minimum absolute atomic E-state index is 0.137. The van der Waals surface area contributed by atoms with Gasteiger partial charge in [0.05, 0.1) is 12.0 Å². The van der Waals surface area contributed by atoms with Crippen molar-refractivity contribution in [2.75, 3.05) is 7.11 Å². The second kappa shape index (κ2) is 3.04. The molecule has 0 bridgehead atoms. The largest absolute Gasteiger partial charge is 0.464 e. The van der Waals surface area contributed by atoms with Gasteiger partial charge in [-0.1, -0.05) is 0 Å². The van der Waals surface area contributed by atoms with E-state index in [0.717, 1.165) is 7.11 Å². The molecule has 0 aliphatic heterocycles. The van der Waals surface area contributed by atoms with Crippen molar-refractivity contribution in [2.45, 2.75) is 0 Å². The number of hydrogen-bond donors (Lipinski definition) is 1. The smallest absolute Gasteiger partial charge is 0.361 e. The first-order valence-electron chi connectivity index (χ1n) is 3.07. The van der Waals surface area contributed by atoms with E-state index in [9.17, 15) is 14.9 Å². The lowest BCUT2D eigenvalue weighted by Crippen LogP contribution is -2.04. The highest BCUT2D eigenvalue weighted by molar-refractivity contribution is 5.91. The first kappa shape index (κ1) is 8.25. The molecule has 0 saturated carbocycles. The van der Waals surface area contributed by atoms with Crippen molar-refractivity contribution < 1.29 is 14.5 Å². The third kappa shape index (κ3) is 1.26. The zero-order chi connectivity index (χ0) is 9.14. The lowest BCUT2D eigenvalue weighted by atomic mass is 10.4. The molecule has 6 nitrogen and oxygen atoms in total. The molecule has 0 unspecified atom stereocenters. The van der Waals surface area contributed by atoms with Crippen LogP contribution in [0.1, 0.15) is 10.5 Å². The summed E-state index contributed by atoms with van der Waals surface area (Å²) < 4.78 is 4.31. The fourth-order valence-corrected chi connectivity index (χ4v) is 0.779. The van der Waals surface area contributed by atoms with Gasteiger partial charge in [0.1, 0.15) is 0 Å². The van der Waals surface area contributed by atoms with E-state index in [1.165, 1.54) is 12.3 Å². The van der Waals surface area contributed by atoms with Crippen molar-refractivity contribution in [1.82, 2.24) is 4.98 Å². The fraction of sp³-hybridized carbons (Fsp3) is 0.167. The number of H-pyrrole nitrogens is 1. The molecule has 0 atom stereocenters. The van der Waals surface area contributed by atoms with Gasteiger partial charge in [0, 0.05) is 12.3 Å². The zero-order valence-electron chi connectivity index (χ0n) is 6.23. The summed E-state index contributed by atoms with van der Waals surface area (Å²) >= 11 is 0. The summed E-state index contributed by atoms with van der Waals surface area (Å²) in [5.41, 5.74) is -0.413. The van der Waals surface area contributed by atoms with Gasteiger partial charge in [0.2, 0.25) is 5.69 Å². The van der Waals surface area contributed by atoms with Crippen molar-refractivity contribution in [1.29, 1.82) is 0 Å². The molecule has 0 saturated heterocycles. The number of rotatable bonds is 2. The summed E-state index contributed by atoms with van der Waals surface area (Å²) in [5.74, 6) is -0.744. The Labute approximate surface area is 67.3 Å². The van der Waals surface area contributed by atoms with E-state index >= 15 is 0 Å². The zero-order valence-corrected chi connectivity index (χ0v) is 6.23. The SMILES string of the molecule is COC(=O)c1[nH]ccc1[N+](=O)[O-]. The van der Waals surface area contributed by atoms with Crippen LogP contribution in [0.15, 0.2) is 12.3 Å². The molecule has 0 radical (unpaired) electrons. The lowest BCUT2D eigenvalue weighted by molar-refractivity contribution is -0.385. The van der Waals surface area contributed by atoms with E-state index in [4.69, 9.17) is 0 Å². The molecule has 1 heterocycles. The minimum Gasteiger partial charge on any atom is -0.464 e. The van der Waals surface area contributed by atoms with Crippen LogP contribution in [0, 0.1) is 10.1 Å². The maximum Gasteiger partial charge on any atom is 0.361 e. The number of methoxy groups -OCH3 is 1. The molecule has 12 heavy (non-hydrogen) atoms. The average Bonchev–Trinajstić information content (AvgIpc) is 2.50. The molecular weight excluding hydrogens is 164 g/mol. The number of nitrogens with one attached hydrogen (secondary N) is 1. The molecule has 64 valence electrons. The van der Waals surface area contributed by atoms with Crippen LogP contribution in [-0.4, -0.2) is 23.0 Å². The van der Waals surface area contributed by atoms with Crippen LogP contribution < -0.4 is 0 Å². The monoisotopic (exact) mass is 170 g/mol. The minimum atomic E-state index is -0.744. The number of nitrogens with zero attached hydrogens (tertiary/aromatic N) is 1. The Kier molecular flexibility index (Phi) is 2.09. The summed E-state index contributed by atoms with van der Waals surface area (Å²) in [6.45, 7) is 0. The molecule has 0 spiro atoms. The fourth-order valence-electron chi connectivity index (χ4n) is 0.779. The highest BCUT2D eigenvalue weighted by atomic mass is 16.6. The van der Waals surface area contributed by atoms with Crippen molar-refractivity contribution >= 4 is 11.7 Å². The van der Waals surface area contributed by atoms with E-state index in [1.54, 1.807) is 0 Å². The van der Waals surface area contributed by atoms with Crippen molar-refractivity contribution in [2.24, 2.45) is 0 Å². The standard InChI is InChI=1S/C6H6N2O4/c1-12-6(9)5-4(8(10)11)2-3-7-5/h2-3,7H,1H3. The maximum absolute atomic E-state index is 10.8. The quantitative estimate of drug-likeness (QED) is 0.402. The summed E-state index contributed by atoms with van der Waals surface area (Å²) in [7, 11) is 1.16. The molecule has 6 heteroatoms. The van der Waals surface area contributed by atoms with Crippen molar-refractivity contribution in [3.63, 3.8) is 0 Å². The van der Waals surface area contributed by atoms with Gasteiger partial charge in [0.15, 0.2) is 0 Å².